The predicted molar refractivity (Wildman–Crippen MR) is 120 cm³/mol. The van der Waals surface area contributed by atoms with Crippen LogP contribution in [-0.4, -0.2) is 41.3 Å². The molecule has 0 aliphatic rings. The number of carbonyl (C=O) groups is 2. The first kappa shape index (κ1) is 23.9. The molecule has 1 aromatic carbocycles. The molecule has 7 heteroatoms. The zero-order valence-corrected chi connectivity index (χ0v) is 19.3. The standard InChI is InChI=1S/C23H31N3O3S/c1-15(2)19-8-6-18(7-9-19)12-13-24-21(27)14-29-22(28)11-10-20-16(3)25-23(30-5)26-17(20)4/h6-9,15H,10-14H2,1-5H3,(H,24,27). The molecule has 1 N–H and O–H groups in total. The van der Waals surface area contributed by atoms with E-state index in [1.165, 1.54) is 17.3 Å². The van der Waals surface area contributed by atoms with Crippen LogP contribution in [0.5, 0.6) is 0 Å². The molecular formula is C23H31N3O3S. The fourth-order valence-corrected chi connectivity index (χ4v) is 3.53. The second kappa shape index (κ2) is 11.7. The normalized spacial score (nSPS) is 10.9. The Bertz CT molecular complexity index is 843. The first-order chi connectivity index (χ1) is 14.3. The van der Waals surface area contributed by atoms with Gasteiger partial charge >= 0.3 is 5.97 Å². The molecule has 0 saturated carbocycles. The molecule has 6 nitrogen and oxygen atoms in total. The predicted octanol–water partition coefficient (Wildman–Crippen LogP) is 3.77. The van der Waals surface area contributed by atoms with Crippen molar-refractivity contribution in [1.82, 2.24) is 15.3 Å². The van der Waals surface area contributed by atoms with Crippen molar-refractivity contribution < 1.29 is 14.3 Å². The summed E-state index contributed by atoms with van der Waals surface area (Å²) in [5.41, 5.74) is 5.17. The number of rotatable bonds is 10. The fraction of sp³-hybridized carbons (Fsp3) is 0.478. The molecule has 0 spiro atoms. The maximum atomic E-state index is 12.0. The summed E-state index contributed by atoms with van der Waals surface area (Å²) in [6, 6.07) is 8.40. The van der Waals surface area contributed by atoms with Gasteiger partial charge in [0.2, 0.25) is 0 Å². The topological polar surface area (TPSA) is 81.2 Å². The SMILES string of the molecule is CSc1nc(C)c(CCC(=O)OCC(=O)NCCc2ccc(C(C)C)cc2)c(C)n1. The molecule has 162 valence electrons. The summed E-state index contributed by atoms with van der Waals surface area (Å²) < 4.78 is 5.10. The average Bonchev–Trinajstić information content (AvgIpc) is 2.71. The van der Waals surface area contributed by atoms with Crippen molar-refractivity contribution in [2.75, 3.05) is 19.4 Å². The molecule has 0 unspecified atom stereocenters. The highest BCUT2D eigenvalue weighted by molar-refractivity contribution is 7.98. The first-order valence-electron chi connectivity index (χ1n) is 10.2. The summed E-state index contributed by atoms with van der Waals surface area (Å²) in [5.74, 6) is -0.187. The lowest BCUT2D eigenvalue weighted by Crippen LogP contribution is -2.30. The van der Waals surface area contributed by atoms with Gasteiger partial charge in [-0.25, -0.2) is 9.97 Å². The fourth-order valence-electron chi connectivity index (χ4n) is 3.07. The number of thioether (sulfide) groups is 1. The largest absolute Gasteiger partial charge is 0.456 e. The number of aromatic nitrogens is 2. The summed E-state index contributed by atoms with van der Waals surface area (Å²) in [5, 5.41) is 3.52. The van der Waals surface area contributed by atoms with Crippen LogP contribution in [-0.2, 0) is 27.2 Å². The second-order valence-electron chi connectivity index (χ2n) is 7.52. The Morgan fingerprint density at radius 1 is 1.07 bits per heavy atom. The molecule has 0 aliphatic heterocycles. The molecular weight excluding hydrogens is 398 g/mol. The Hall–Kier alpha value is -2.41. The number of nitrogens with zero attached hydrogens (tertiary/aromatic N) is 2. The van der Waals surface area contributed by atoms with E-state index in [1.54, 1.807) is 0 Å². The van der Waals surface area contributed by atoms with E-state index in [2.05, 4.69) is 53.4 Å². The average molecular weight is 430 g/mol. The first-order valence-corrected chi connectivity index (χ1v) is 11.4. The number of benzene rings is 1. The van der Waals surface area contributed by atoms with E-state index >= 15 is 0 Å². The van der Waals surface area contributed by atoms with Crippen LogP contribution < -0.4 is 5.32 Å². The van der Waals surface area contributed by atoms with Gasteiger partial charge in [-0.1, -0.05) is 49.9 Å². The van der Waals surface area contributed by atoms with Crippen LogP contribution in [0.2, 0.25) is 0 Å². The Kier molecular flexibility index (Phi) is 9.30. The van der Waals surface area contributed by atoms with Crippen molar-refractivity contribution in [3.63, 3.8) is 0 Å². The molecule has 2 aromatic rings. The number of aryl methyl sites for hydroxylation is 2. The molecule has 1 aromatic heterocycles. The molecule has 0 radical (unpaired) electrons. The molecule has 0 atom stereocenters. The highest BCUT2D eigenvalue weighted by Crippen LogP contribution is 2.17. The van der Waals surface area contributed by atoms with Crippen molar-refractivity contribution in [1.29, 1.82) is 0 Å². The lowest BCUT2D eigenvalue weighted by molar-refractivity contribution is -0.148. The van der Waals surface area contributed by atoms with Crippen molar-refractivity contribution >= 4 is 23.6 Å². The Balaban J connectivity index is 1.69. The summed E-state index contributed by atoms with van der Waals surface area (Å²) in [6.07, 6.45) is 3.36. The van der Waals surface area contributed by atoms with Crippen molar-refractivity contribution in [3.8, 4) is 0 Å². The minimum Gasteiger partial charge on any atom is -0.456 e. The van der Waals surface area contributed by atoms with E-state index < -0.39 is 5.97 Å². The van der Waals surface area contributed by atoms with Gasteiger partial charge in [0, 0.05) is 24.4 Å². The van der Waals surface area contributed by atoms with Crippen LogP contribution in [0.25, 0.3) is 0 Å². The van der Waals surface area contributed by atoms with Gasteiger partial charge in [-0.05, 0) is 55.6 Å². The Labute approximate surface area is 183 Å². The maximum Gasteiger partial charge on any atom is 0.306 e. The number of carbonyl (C=O) groups excluding carboxylic acids is 2. The third-order valence-electron chi connectivity index (χ3n) is 4.91. The van der Waals surface area contributed by atoms with E-state index in [0.29, 0.717) is 18.9 Å². The van der Waals surface area contributed by atoms with Gasteiger partial charge in [0.1, 0.15) is 0 Å². The third kappa shape index (κ3) is 7.44. The van der Waals surface area contributed by atoms with E-state index in [9.17, 15) is 9.59 Å². The zero-order valence-electron chi connectivity index (χ0n) is 18.4. The van der Waals surface area contributed by atoms with Crippen molar-refractivity contribution in [2.45, 2.75) is 58.0 Å². The van der Waals surface area contributed by atoms with Gasteiger partial charge in [-0.15, -0.1) is 0 Å². The highest BCUT2D eigenvalue weighted by Gasteiger charge is 2.12. The minimum absolute atomic E-state index is 0.194. The summed E-state index contributed by atoms with van der Waals surface area (Å²) in [6.45, 7) is 8.40. The summed E-state index contributed by atoms with van der Waals surface area (Å²) in [4.78, 5) is 32.7. The van der Waals surface area contributed by atoms with Crippen LogP contribution >= 0.6 is 11.8 Å². The number of amides is 1. The van der Waals surface area contributed by atoms with E-state index in [4.69, 9.17) is 4.74 Å². The Morgan fingerprint density at radius 3 is 2.27 bits per heavy atom. The molecule has 1 heterocycles. The quantitative estimate of drug-likeness (QED) is 0.352. The number of hydrogen-bond acceptors (Lipinski definition) is 6. The molecule has 30 heavy (non-hydrogen) atoms. The van der Waals surface area contributed by atoms with Gasteiger partial charge in [0.15, 0.2) is 11.8 Å². The van der Waals surface area contributed by atoms with Crippen molar-refractivity contribution in [3.05, 3.63) is 52.3 Å². The number of ether oxygens (including phenoxy) is 1. The van der Waals surface area contributed by atoms with Gasteiger partial charge in [-0.3, -0.25) is 9.59 Å². The Morgan fingerprint density at radius 2 is 1.70 bits per heavy atom. The van der Waals surface area contributed by atoms with E-state index in [0.717, 1.165) is 34.1 Å². The van der Waals surface area contributed by atoms with E-state index in [1.807, 2.05) is 20.1 Å². The molecule has 1 amide bonds. The van der Waals surface area contributed by atoms with Gasteiger partial charge in [0.25, 0.3) is 5.91 Å². The van der Waals surface area contributed by atoms with Crippen LogP contribution in [0.4, 0.5) is 0 Å². The van der Waals surface area contributed by atoms with Crippen LogP contribution in [0.15, 0.2) is 29.4 Å². The second-order valence-corrected chi connectivity index (χ2v) is 8.29. The van der Waals surface area contributed by atoms with Gasteiger partial charge in [-0.2, -0.15) is 0 Å². The van der Waals surface area contributed by atoms with Crippen LogP contribution in [0.1, 0.15) is 54.3 Å². The number of nitrogens with one attached hydrogen (secondary N) is 1. The monoisotopic (exact) mass is 429 g/mol. The molecule has 0 fully saturated rings. The van der Waals surface area contributed by atoms with Gasteiger partial charge < -0.3 is 10.1 Å². The molecule has 0 bridgehead atoms. The van der Waals surface area contributed by atoms with Crippen LogP contribution in [0, 0.1) is 13.8 Å². The van der Waals surface area contributed by atoms with Crippen molar-refractivity contribution in [2.24, 2.45) is 0 Å². The molecule has 0 saturated heterocycles. The smallest absolute Gasteiger partial charge is 0.306 e. The van der Waals surface area contributed by atoms with E-state index in [-0.39, 0.29) is 18.9 Å². The van der Waals surface area contributed by atoms with Crippen LogP contribution in [0.3, 0.4) is 0 Å². The summed E-state index contributed by atoms with van der Waals surface area (Å²) in [7, 11) is 0. The minimum atomic E-state index is -0.401. The maximum absolute atomic E-state index is 12.0. The zero-order chi connectivity index (χ0) is 22.1. The molecule has 2 rings (SSSR count). The third-order valence-corrected chi connectivity index (χ3v) is 5.46. The lowest BCUT2D eigenvalue weighted by Gasteiger charge is -2.10. The molecule has 0 aliphatic carbocycles. The highest BCUT2D eigenvalue weighted by atomic mass is 32.2. The summed E-state index contributed by atoms with van der Waals surface area (Å²) >= 11 is 1.49. The van der Waals surface area contributed by atoms with Gasteiger partial charge in [0.05, 0.1) is 0 Å². The lowest BCUT2D eigenvalue weighted by atomic mass is 10.0. The number of hydrogen-bond donors (Lipinski definition) is 1. The number of esters is 1.